The van der Waals surface area contributed by atoms with Crippen molar-refractivity contribution in [2.45, 2.75) is 32.7 Å². The Kier molecular flexibility index (Phi) is 6.03. The summed E-state index contributed by atoms with van der Waals surface area (Å²) in [6.07, 6.45) is -0.939. The zero-order chi connectivity index (χ0) is 18.7. The number of halogens is 1. The zero-order valence-corrected chi connectivity index (χ0v) is 15.7. The van der Waals surface area contributed by atoms with Crippen LogP contribution in [0.2, 0.25) is 5.02 Å². The van der Waals surface area contributed by atoms with Crippen molar-refractivity contribution in [1.29, 1.82) is 0 Å². The normalized spacial score (nSPS) is 15.6. The van der Waals surface area contributed by atoms with Gasteiger partial charge in [0.25, 0.3) is 0 Å². The van der Waals surface area contributed by atoms with E-state index in [-0.39, 0.29) is 6.61 Å². The molecular weight excluding hydrogens is 358 g/mol. The van der Waals surface area contributed by atoms with Crippen LogP contribution < -0.4 is 9.47 Å². The lowest BCUT2D eigenvalue weighted by molar-refractivity contribution is 0.0915. The quantitative estimate of drug-likeness (QED) is 0.763. The fourth-order valence-corrected chi connectivity index (χ4v) is 3.31. The molecule has 7 nitrogen and oxygen atoms in total. The van der Waals surface area contributed by atoms with Crippen LogP contribution in [0, 0.1) is 0 Å². The SMILES string of the molecule is CCOc1cc(CN2CCn3nc([C@H](O)CO)cc3C2)c(Cl)cc1OC. The van der Waals surface area contributed by atoms with Gasteiger partial charge in [0.2, 0.25) is 0 Å². The van der Waals surface area contributed by atoms with Crippen molar-refractivity contribution in [2.75, 3.05) is 26.9 Å². The van der Waals surface area contributed by atoms with Crippen molar-refractivity contribution >= 4 is 11.6 Å². The second kappa shape index (κ2) is 8.26. The van der Waals surface area contributed by atoms with E-state index in [1.807, 2.05) is 23.7 Å². The first-order chi connectivity index (χ1) is 12.5. The number of fused-ring (bicyclic) bond motifs is 1. The van der Waals surface area contributed by atoms with Gasteiger partial charge >= 0.3 is 0 Å². The monoisotopic (exact) mass is 381 g/mol. The molecule has 0 radical (unpaired) electrons. The molecule has 8 heteroatoms. The number of rotatable bonds is 7. The summed E-state index contributed by atoms with van der Waals surface area (Å²) < 4.78 is 12.9. The summed E-state index contributed by atoms with van der Waals surface area (Å²) in [7, 11) is 1.60. The van der Waals surface area contributed by atoms with Crippen LogP contribution in [0.4, 0.5) is 0 Å². The fourth-order valence-electron chi connectivity index (χ4n) is 3.10. The number of hydrogen-bond acceptors (Lipinski definition) is 6. The minimum absolute atomic E-state index is 0.332. The van der Waals surface area contributed by atoms with Crippen LogP contribution in [0.25, 0.3) is 0 Å². The third-order valence-corrected chi connectivity index (χ3v) is 4.79. The van der Waals surface area contributed by atoms with E-state index in [0.29, 0.717) is 41.9 Å². The van der Waals surface area contributed by atoms with Crippen molar-refractivity contribution in [3.63, 3.8) is 0 Å². The molecular formula is C18H24ClN3O4. The molecule has 26 heavy (non-hydrogen) atoms. The molecule has 0 saturated heterocycles. The highest BCUT2D eigenvalue weighted by atomic mass is 35.5. The van der Waals surface area contributed by atoms with E-state index in [4.69, 9.17) is 26.2 Å². The van der Waals surface area contributed by atoms with E-state index in [1.54, 1.807) is 13.2 Å². The summed E-state index contributed by atoms with van der Waals surface area (Å²) >= 11 is 6.42. The maximum absolute atomic E-state index is 9.76. The molecule has 2 N–H and O–H groups in total. The molecule has 0 bridgehead atoms. The van der Waals surface area contributed by atoms with Gasteiger partial charge in [0.15, 0.2) is 11.5 Å². The molecule has 1 aliphatic heterocycles. The molecule has 0 fully saturated rings. The van der Waals surface area contributed by atoms with E-state index in [0.717, 1.165) is 24.3 Å². The first-order valence-electron chi connectivity index (χ1n) is 8.62. The Balaban J connectivity index is 1.76. The fraction of sp³-hybridized carbons (Fsp3) is 0.500. The molecule has 3 rings (SSSR count). The van der Waals surface area contributed by atoms with Crippen LogP contribution >= 0.6 is 11.6 Å². The third-order valence-electron chi connectivity index (χ3n) is 4.44. The van der Waals surface area contributed by atoms with Crippen molar-refractivity contribution in [3.8, 4) is 11.5 Å². The van der Waals surface area contributed by atoms with Gasteiger partial charge in [0, 0.05) is 30.7 Å². The molecule has 1 aromatic heterocycles. The third kappa shape index (κ3) is 3.96. The molecule has 1 aromatic carbocycles. The van der Waals surface area contributed by atoms with Crippen LogP contribution in [-0.2, 0) is 19.6 Å². The highest BCUT2D eigenvalue weighted by Crippen LogP contribution is 2.34. The Morgan fingerprint density at radius 1 is 1.27 bits per heavy atom. The lowest BCUT2D eigenvalue weighted by atomic mass is 10.1. The van der Waals surface area contributed by atoms with Crippen LogP contribution in [-0.4, -0.2) is 51.8 Å². The van der Waals surface area contributed by atoms with E-state index < -0.39 is 6.10 Å². The molecule has 0 unspecified atom stereocenters. The Labute approximate surface area is 157 Å². The lowest BCUT2D eigenvalue weighted by Gasteiger charge is -2.28. The first kappa shape index (κ1) is 19.0. The number of methoxy groups -OCH3 is 1. The van der Waals surface area contributed by atoms with Gasteiger partial charge in [0.05, 0.1) is 38.3 Å². The number of aliphatic hydroxyl groups is 2. The summed E-state index contributed by atoms with van der Waals surface area (Å²) in [6.45, 7) is 5.05. The van der Waals surface area contributed by atoms with E-state index >= 15 is 0 Å². The van der Waals surface area contributed by atoms with Crippen LogP contribution in [0.3, 0.4) is 0 Å². The Hall–Kier alpha value is -1.80. The Bertz CT molecular complexity index is 765. The molecule has 2 heterocycles. The topological polar surface area (TPSA) is 80.0 Å². The largest absolute Gasteiger partial charge is 0.493 e. The molecule has 1 atom stereocenters. The number of nitrogens with zero attached hydrogens (tertiary/aromatic N) is 3. The van der Waals surface area contributed by atoms with Gasteiger partial charge in [-0.25, -0.2) is 0 Å². The molecule has 0 aliphatic carbocycles. The number of ether oxygens (including phenoxy) is 2. The van der Waals surface area contributed by atoms with Gasteiger partial charge < -0.3 is 19.7 Å². The van der Waals surface area contributed by atoms with Crippen LogP contribution in [0.15, 0.2) is 18.2 Å². The molecule has 0 amide bonds. The number of aromatic nitrogens is 2. The molecule has 1 aliphatic rings. The maximum atomic E-state index is 9.76. The van der Waals surface area contributed by atoms with Gasteiger partial charge in [0.1, 0.15) is 6.10 Å². The van der Waals surface area contributed by atoms with E-state index in [2.05, 4.69) is 10.00 Å². The highest BCUT2D eigenvalue weighted by molar-refractivity contribution is 6.31. The summed E-state index contributed by atoms with van der Waals surface area (Å²) in [6, 6.07) is 5.55. The zero-order valence-electron chi connectivity index (χ0n) is 15.0. The second-order valence-corrected chi connectivity index (χ2v) is 6.63. The second-order valence-electron chi connectivity index (χ2n) is 6.22. The minimum Gasteiger partial charge on any atom is -0.493 e. The highest BCUT2D eigenvalue weighted by Gasteiger charge is 2.22. The van der Waals surface area contributed by atoms with Gasteiger partial charge in [-0.3, -0.25) is 9.58 Å². The maximum Gasteiger partial charge on any atom is 0.162 e. The smallest absolute Gasteiger partial charge is 0.162 e. The molecule has 0 saturated carbocycles. The standard InChI is InChI=1S/C18H24ClN3O4/c1-3-26-18-6-12(14(19)8-17(18)25-2)9-21-4-5-22-13(10-21)7-15(20-22)16(24)11-23/h6-8,16,23-24H,3-5,9-11H2,1-2H3/t16-/m1/s1. The molecule has 0 spiro atoms. The van der Waals surface area contributed by atoms with Crippen LogP contribution in [0.5, 0.6) is 11.5 Å². The minimum atomic E-state index is -0.939. The lowest BCUT2D eigenvalue weighted by Crippen LogP contribution is -2.33. The van der Waals surface area contributed by atoms with Gasteiger partial charge in [-0.05, 0) is 24.6 Å². The summed E-state index contributed by atoms with van der Waals surface area (Å²) in [4.78, 5) is 2.26. The van der Waals surface area contributed by atoms with E-state index in [1.165, 1.54) is 0 Å². The summed E-state index contributed by atoms with van der Waals surface area (Å²) in [5.74, 6) is 1.31. The van der Waals surface area contributed by atoms with Crippen molar-refractivity contribution in [3.05, 3.63) is 40.2 Å². The van der Waals surface area contributed by atoms with Crippen LogP contribution in [0.1, 0.15) is 30.0 Å². The van der Waals surface area contributed by atoms with E-state index in [9.17, 15) is 5.11 Å². The van der Waals surface area contributed by atoms with Gasteiger partial charge in [-0.15, -0.1) is 0 Å². The molecule has 142 valence electrons. The Morgan fingerprint density at radius 2 is 2.08 bits per heavy atom. The predicted molar refractivity (Wildman–Crippen MR) is 97.6 cm³/mol. The van der Waals surface area contributed by atoms with Crippen molar-refractivity contribution in [2.24, 2.45) is 0 Å². The average Bonchev–Trinajstić information content (AvgIpc) is 3.07. The number of benzene rings is 1. The van der Waals surface area contributed by atoms with Crippen molar-refractivity contribution in [1.82, 2.24) is 14.7 Å². The number of hydrogen-bond donors (Lipinski definition) is 2. The average molecular weight is 382 g/mol. The molecule has 2 aromatic rings. The van der Waals surface area contributed by atoms with Gasteiger partial charge in [-0.1, -0.05) is 11.6 Å². The Morgan fingerprint density at radius 3 is 2.77 bits per heavy atom. The van der Waals surface area contributed by atoms with Crippen molar-refractivity contribution < 1.29 is 19.7 Å². The first-order valence-corrected chi connectivity index (χ1v) is 9.00. The summed E-state index contributed by atoms with van der Waals surface area (Å²) in [5, 5.41) is 23.9. The number of aliphatic hydroxyl groups excluding tert-OH is 2. The van der Waals surface area contributed by atoms with Gasteiger partial charge in [-0.2, -0.15) is 5.10 Å². The predicted octanol–water partition coefficient (Wildman–Crippen LogP) is 1.99. The summed E-state index contributed by atoms with van der Waals surface area (Å²) in [5.41, 5.74) is 2.48.